The Balaban J connectivity index is 1.78. The molecule has 1 saturated heterocycles. The molecular weight excluding hydrogens is 438 g/mol. The summed E-state index contributed by atoms with van der Waals surface area (Å²) < 4.78 is 5.15. The SMILES string of the molecule is O=C(CN1C(=O)CCC1=O)OC/C(=N/Nc1ccc([N+](=O)[O-])cc1[N+](=O)[O-])c1ccccc1. The van der Waals surface area contributed by atoms with Crippen LogP contribution in [0.5, 0.6) is 0 Å². The number of rotatable bonds is 9. The van der Waals surface area contributed by atoms with Crippen LogP contribution in [0.25, 0.3) is 0 Å². The van der Waals surface area contributed by atoms with E-state index in [1.165, 1.54) is 0 Å². The van der Waals surface area contributed by atoms with E-state index >= 15 is 0 Å². The molecule has 3 rings (SSSR count). The molecule has 13 nitrogen and oxygen atoms in total. The van der Waals surface area contributed by atoms with Crippen LogP contribution >= 0.6 is 0 Å². The Bertz CT molecular complexity index is 1130. The summed E-state index contributed by atoms with van der Waals surface area (Å²) in [5.41, 5.74) is 2.05. The molecule has 0 saturated carbocycles. The molecule has 1 fully saturated rings. The van der Waals surface area contributed by atoms with Gasteiger partial charge in [-0.15, -0.1) is 0 Å². The van der Waals surface area contributed by atoms with Crippen molar-refractivity contribution in [3.63, 3.8) is 0 Å². The molecule has 33 heavy (non-hydrogen) atoms. The van der Waals surface area contributed by atoms with Crippen LogP contribution in [0.15, 0.2) is 53.6 Å². The number of esters is 1. The lowest BCUT2D eigenvalue weighted by atomic mass is 10.1. The van der Waals surface area contributed by atoms with Gasteiger partial charge in [0.2, 0.25) is 11.8 Å². The van der Waals surface area contributed by atoms with E-state index in [0.717, 1.165) is 23.1 Å². The minimum absolute atomic E-state index is 0.0424. The minimum atomic E-state index is -0.830. The second-order valence-corrected chi connectivity index (χ2v) is 6.79. The quantitative estimate of drug-likeness (QED) is 0.195. The van der Waals surface area contributed by atoms with Gasteiger partial charge in [-0.1, -0.05) is 30.3 Å². The minimum Gasteiger partial charge on any atom is -0.458 e. The first kappa shape index (κ1) is 23.0. The van der Waals surface area contributed by atoms with E-state index in [9.17, 15) is 34.6 Å². The van der Waals surface area contributed by atoms with Gasteiger partial charge in [0.1, 0.15) is 24.6 Å². The molecule has 13 heteroatoms. The van der Waals surface area contributed by atoms with Crippen LogP contribution in [0.3, 0.4) is 0 Å². The Morgan fingerprint density at radius 2 is 1.70 bits per heavy atom. The number of ether oxygens (including phenoxy) is 1. The van der Waals surface area contributed by atoms with Crippen molar-refractivity contribution in [3.8, 4) is 0 Å². The van der Waals surface area contributed by atoms with Crippen molar-refractivity contribution >= 4 is 40.6 Å². The number of benzene rings is 2. The Morgan fingerprint density at radius 3 is 2.30 bits per heavy atom. The highest BCUT2D eigenvalue weighted by Gasteiger charge is 2.31. The molecule has 0 radical (unpaired) electrons. The Hall–Kier alpha value is -4.68. The van der Waals surface area contributed by atoms with Gasteiger partial charge in [-0.2, -0.15) is 5.10 Å². The van der Waals surface area contributed by atoms with Crippen LogP contribution in [-0.4, -0.2) is 51.4 Å². The number of nitrogens with one attached hydrogen (secondary N) is 1. The molecule has 2 amide bonds. The molecule has 2 aromatic carbocycles. The molecule has 0 bridgehead atoms. The third-order valence-corrected chi connectivity index (χ3v) is 4.62. The van der Waals surface area contributed by atoms with E-state index in [0.29, 0.717) is 5.56 Å². The molecule has 0 atom stereocenters. The number of carbonyl (C=O) groups is 3. The molecule has 0 aliphatic carbocycles. The summed E-state index contributed by atoms with van der Waals surface area (Å²) in [6, 6.07) is 11.5. The van der Waals surface area contributed by atoms with Crippen molar-refractivity contribution in [2.75, 3.05) is 18.6 Å². The summed E-state index contributed by atoms with van der Waals surface area (Å²) in [7, 11) is 0. The third kappa shape index (κ3) is 5.72. The van der Waals surface area contributed by atoms with Crippen LogP contribution in [0.1, 0.15) is 18.4 Å². The Labute approximate surface area is 185 Å². The first-order valence-corrected chi connectivity index (χ1v) is 9.56. The van der Waals surface area contributed by atoms with Gasteiger partial charge in [0.15, 0.2) is 0 Å². The van der Waals surface area contributed by atoms with E-state index in [1.54, 1.807) is 30.3 Å². The fraction of sp³-hybridized carbons (Fsp3) is 0.200. The maximum Gasteiger partial charge on any atom is 0.326 e. The fourth-order valence-electron chi connectivity index (χ4n) is 2.94. The van der Waals surface area contributed by atoms with Crippen molar-refractivity contribution in [2.24, 2.45) is 5.10 Å². The lowest BCUT2D eigenvalue weighted by Gasteiger charge is -2.14. The predicted octanol–water partition coefficient (Wildman–Crippen LogP) is 2.01. The summed E-state index contributed by atoms with van der Waals surface area (Å²) in [5, 5.41) is 26.3. The number of carbonyl (C=O) groups excluding carboxylic acids is 3. The maximum absolute atomic E-state index is 12.1. The average Bonchev–Trinajstić information content (AvgIpc) is 3.11. The van der Waals surface area contributed by atoms with Gasteiger partial charge in [-0.25, -0.2) is 0 Å². The van der Waals surface area contributed by atoms with Gasteiger partial charge in [0, 0.05) is 24.5 Å². The molecule has 1 aliphatic heterocycles. The number of nitro groups is 2. The lowest BCUT2D eigenvalue weighted by molar-refractivity contribution is -0.393. The second-order valence-electron chi connectivity index (χ2n) is 6.79. The summed E-state index contributed by atoms with van der Waals surface area (Å²) in [5.74, 6) is -1.74. The summed E-state index contributed by atoms with van der Waals surface area (Å²) >= 11 is 0. The molecule has 1 heterocycles. The molecule has 0 spiro atoms. The second kappa shape index (κ2) is 10.1. The third-order valence-electron chi connectivity index (χ3n) is 4.62. The number of amides is 2. The number of nitro benzene ring substituents is 2. The van der Waals surface area contributed by atoms with Gasteiger partial charge in [0.05, 0.1) is 15.9 Å². The van der Waals surface area contributed by atoms with Gasteiger partial charge in [0.25, 0.3) is 5.69 Å². The molecular formula is C20H17N5O8. The van der Waals surface area contributed by atoms with Gasteiger partial charge >= 0.3 is 11.7 Å². The highest BCUT2D eigenvalue weighted by Crippen LogP contribution is 2.29. The average molecular weight is 455 g/mol. The standard InChI is InChI=1S/C20H17N5O8/c26-18-8-9-19(27)23(18)11-20(28)33-12-16(13-4-2-1-3-5-13)22-21-15-7-6-14(24(29)30)10-17(15)25(31)32/h1-7,10,21H,8-9,11-12H2/b22-16-. The van der Waals surface area contributed by atoms with Gasteiger partial charge < -0.3 is 4.74 Å². The molecule has 0 unspecified atom stereocenters. The van der Waals surface area contributed by atoms with E-state index in [1.807, 2.05) is 0 Å². The molecule has 170 valence electrons. The van der Waals surface area contributed by atoms with E-state index in [-0.39, 0.29) is 30.8 Å². The highest BCUT2D eigenvalue weighted by atomic mass is 16.6. The number of imide groups is 1. The summed E-state index contributed by atoms with van der Waals surface area (Å²) in [6.45, 7) is -0.895. The van der Waals surface area contributed by atoms with Crippen molar-refractivity contribution < 1.29 is 29.0 Å². The molecule has 1 aliphatic rings. The van der Waals surface area contributed by atoms with Crippen molar-refractivity contribution in [1.82, 2.24) is 4.90 Å². The fourth-order valence-corrected chi connectivity index (χ4v) is 2.94. The van der Waals surface area contributed by atoms with Crippen molar-refractivity contribution in [1.29, 1.82) is 0 Å². The number of nitrogens with zero attached hydrogens (tertiary/aromatic N) is 4. The smallest absolute Gasteiger partial charge is 0.326 e. The summed E-state index contributed by atoms with van der Waals surface area (Å²) in [4.78, 5) is 56.9. The Morgan fingerprint density at radius 1 is 1.03 bits per heavy atom. The zero-order valence-corrected chi connectivity index (χ0v) is 17.0. The highest BCUT2D eigenvalue weighted by molar-refractivity contribution is 6.05. The zero-order valence-electron chi connectivity index (χ0n) is 17.0. The zero-order chi connectivity index (χ0) is 24.0. The number of hydrogen-bond acceptors (Lipinski definition) is 10. The van der Waals surface area contributed by atoms with Crippen LogP contribution in [0, 0.1) is 20.2 Å². The van der Waals surface area contributed by atoms with Crippen molar-refractivity contribution in [3.05, 3.63) is 74.3 Å². The summed E-state index contributed by atoms with van der Waals surface area (Å²) in [6.07, 6.45) is 0.0849. The lowest BCUT2D eigenvalue weighted by Crippen LogP contribution is -2.35. The van der Waals surface area contributed by atoms with Crippen LogP contribution in [0.2, 0.25) is 0 Å². The normalized spacial score (nSPS) is 13.7. The largest absolute Gasteiger partial charge is 0.458 e. The van der Waals surface area contributed by atoms with Crippen LogP contribution in [-0.2, 0) is 19.1 Å². The first-order valence-electron chi connectivity index (χ1n) is 9.56. The molecule has 2 aromatic rings. The monoisotopic (exact) mass is 455 g/mol. The van der Waals surface area contributed by atoms with Gasteiger partial charge in [-0.05, 0) is 6.07 Å². The Kier molecular flexibility index (Phi) is 7.03. The van der Waals surface area contributed by atoms with Crippen LogP contribution < -0.4 is 5.43 Å². The predicted molar refractivity (Wildman–Crippen MR) is 113 cm³/mol. The maximum atomic E-state index is 12.1. The molecule has 1 N–H and O–H groups in total. The van der Waals surface area contributed by atoms with E-state index in [4.69, 9.17) is 4.74 Å². The van der Waals surface area contributed by atoms with E-state index in [2.05, 4.69) is 10.5 Å². The first-order chi connectivity index (χ1) is 15.8. The van der Waals surface area contributed by atoms with Crippen molar-refractivity contribution in [2.45, 2.75) is 12.8 Å². The van der Waals surface area contributed by atoms with Crippen LogP contribution in [0.4, 0.5) is 17.1 Å². The van der Waals surface area contributed by atoms with E-state index < -0.39 is 45.5 Å². The number of hydrogen-bond donors (Lipinski definition) is 1. The number of hydrazone groups is 1. The number of anilines is 1. The topological polar surface area (TPSA) is 174 Å². The number of likely N-dealkylation sites (tertiary alicyclic amines) is 1. The van der Waals surface area contributed by atoms with Gasteiger partial charge in [-0.3, -0.25) is 44.9 Å². The number of non-ortho nitro benzene ring substituents is 1. The molecule has 0 aromatic heterocycles.